The van der Waals surface area contributed by atoms with Crippen LogP contribution in [0, 0.1) is 0 Å². The normalized spacial score (nSPS) is 18.1. The van der Waals surface area contributed by atoms with Gasteiger partial charge in [-0.3, -0.25) is 9.47 Å². The summed E-state index contributed by atoms with van der Waals surface area (Å²) in [6.07, 6.45) is 4.21. The van der Waals surface area contributed by atoms with Crippen molar-refractivity contribution in [2.45, 2.75) is 18.9 Å². The zero-order valence-corrected chi connectivity index (χ0v) is 15.9. The van der Waals surface area contributed by atoms with Crippen LogP contribution in [0.2, 0.25) is 0 Å². The molecule has 9 heteroatoms. The summed E-state index contributed by atoms with van der Waals surface area (Å²) in [6, 6.07) is 2.59. The van der Waals surface area contributed by atoms with E-state index in [-0.39, 0.29) is 0 Å². The van der Waals surface area contributed by atoms with Crippen molar-refractivity contribution in [2.75, 3.05) is 50.0 Å². The van der Waals surface area contributed by atoms with E-state index in [1.165, 1.54) is 12.8 Å². The Hall–Kier alpha value is -2.23. The van der Waals surface area contributed by atoms with Gasteiger partial charge < -0.3 is 15.4 Å². The van der Waals surface area contributed by atoms with Crippen LogP contribution in [0.15, 0.2) is 23.2 Å². The minimum atomic E-state index is 0.510. The van der Waals surface area contributed by atoms with Crippen molar-refractivity contribution in [3.63, 3.8) is 0 Å². The molecule has 0 aromatic carbocycles. The molecule has 1 saturated carbocycles. The quantitative estimate of drug-likeness (QED) is 0.645. The molecular formula is C18H23N7OS. The average Bonchev–Trinajstić information content (AvgIpc) is 3.17. The molecule has 0 radical (unpaired) electrons. The molecular weight excluding hydrogens is 362 g/mol. The van der Waals surface area contributed by atoms with Crippen LogP contribution in [0.4, 0.5) is 11.8 Å². The fraction of sp³-hybridized carbons (Fsp3) is 0.500. The van der Waals surface area contributed by atoms with Crippen molar-refractivity contribution in [1.82, 2.24) is 24.4 Å². The first kappa shape index (κ1) is 16.9. The maximum absolute atomic E-state index is 5.41. The van der Waals surface area contributed by atoms with E-state index in [9.17, 15) is 0 Å². The third kappa shape index (κ3) is 3.76. The topological polar surface area (TPSA) is 80.1 Å². The number of morpholine rings is 1. The molecule has 2 N–H and O–H groups in total. The maximum Gasteiger partial charge on any atom is 0.226 e. The molecule has 4 heterocycles. The number of aromatic nitrogens is 4. The van der Waals surface area contributed by atoms with Gasteiger partial charge in [0.2, 0.25) is 5.95 Å². The summed E-state index contributed by atoms with van der Waals surface area (Å²) in [5, 5.41) is 11.1. The number of anilines is 2. The van der Waals surface area contributed by atoms with E-state index in [1.807, 2.05) is 10.9 Å². The minimum absolute atomic E-state index is 0.510. The van der Waals surface area contributed by atoms with Gasteiger partial charge in [-0.25, -0.2) is 4.98 Å². The highest BCUT2D eigenvalue weighted by atomic mass is 32.1. The van der Waals surface area contributed by atoms with E-state index in [0.717, 1.165) is 62.1 Å². The molecule has 142 valence electrons. The number of nitrogens with one attached hydrogen (secondary N) is 2. The van der Waals surface area contributed by atoms with Gasteiger partial charge in [0.05, 0.1) is 18.9 Å². The maximum atomic E-state index is 5.41. The van der Waals surface area contributed by atoms with E-state index in [1.54, 1.807) is 11.3 Å². The van der Waals surface area contributed by atoms with Crippen LogP contribution >= 0.6 is 11.3 Å². The van der Waals surface area contributed by atoms with E-state index in [4.69, 9.17) is 14.7 Å². The molecule has 0 unspecified atom stereocenters. The molecule has 1 saturated heterocycles. The number of ether oxygens (including phenoxy) is 1. The fourth-order valence-electron chi connectivity index (χ4n) is 3.23. The Labute approximate surface area is 161 Å². The molecule has 1 aliphatic carbocycles. The number of thiophene rings is 1. The number of nitrogens with zero attached hydrogens (tertiary/aromatic N) is 5. The average molecular weight is 385 g/mol. The second-order valence-electron chi connectivity index (χ2n) is 6.96. The lowest BCUT2D eigenvalue weighted by Crippen LogP contribution is -2.39. The van der Waals surface area contributed by atoms with Crippen molar-refractivity contribution >= 4 is 34.3 Å². The van der Waals surface area contributed by atoms with Gasteiger partial charge >= 0.3 is 0 Å². The van der Waals surface area contributed by atoms with Gasteiger partial charge in [0.25, 0.3) is 0 Å². The molecule has 0 amide bonds. The van der Waals surface area contributed by atoms with E-state index < -0.39 is 0 Å². The SMILES string of the molecule is c1cc(-n2cnc3c(NC4CC4)nc(NCCN4CCOCC4)nc32)cs1. The van der Waals surface area contributed by atoms with Crippen molar-refractivity contribution in [1.29, 1.82) is 0 Å². The summed E-state index contributed by atoms with van der Waals surface area (Å²) < 4.78 is 7.43. The molecule has 2 aliphatic rings. The van der Waals surface area contributed by atoms with Gasteiger partial charge in [0.15, 0.2) is 17.0 Å². The molecule has 5 rings (SSSR count). The van der Waals surface area contributed by atoms with Crippen LogP contribution in [0.5, 0.6) is 0 Å². The summed E-state index contributed by atoms with van der Waals surface area (Å²) >= 11 is 1.67. The third-order valence-corrected chi connectivity index (χ3v) is 5.58. The molecule has 2 fully saturated rings. The van der Waals surface area contributed by atoms with E-state index >= 15 is 0 Å². The molecule has 0 spiro atoms. The highest BCUT2D eigenvalue weighted by molar-refractivity contribution is 7.08. The number of fused-ring (bicyclic) bond motifs is 1. The summed E-state index contributed by atoms with van der Waals surface area (Å²) in [4.78, 5) is 16.4. The zero-order chi connectivity index (χ0) is 18.1. The van der Waals surface area contributed by atoms with E-state index in [0.29, 0.717) is 12.0 Å². The molecule has 8 nitrogen and oxygen atoms in total. The molecule has 3 aromatic rings. The van der Waals surface area contributed by atoms with E-state index in [2.05, 4.69) is 37.3 Å². The smallest absolute Gasteiger partial charge is 0.226 e. The van der Waals surface area contributed by atoms with Crippen LogP contribution in [-0.2, 0) is 4.74 Å². The van der Waals surface area contributed by atoms with Crippen LogP contribution in [0.3, 0.4) is 0 Å². The van der Waals surface area contributed by atoms with Crippen LogP contribution in [-0.4, -0.2) is 69.9 Å². The third-order valence-electron chi connectivity index (χ3n) is 4.91. The molecule has 1 aliphatic heterocycles. The van der Waals surface area contributed by atoms with Crippen molar-refractivity contribution in [2.24, 2.45) is 0 Å². The summed E-state index contributed by atoms with van der Waals surface area (Å²) in [5.41, 5.74) is 2.74. The highest BCUT2D eigenvalue weighted by Gasteiger charge is 2.24. The number of hydrogen-bond donors (Lipinski definition) is 2. The Bertz CT molecular complexity index is 900. The molecule has 0 bridgehead atoms. The molecule has 0 atom stereocenters. The summed E-state index contributed by atoms with van der Waals surface area (Å²) in [5.74, 6) is 1.47. The summed E-state index contributed by atoms with van der Waals surface area (Å²) in [6.45, 7) is 5.37. The Kier molecular flexibility index (Phi) is 4.64. The predicted molar refractivity (Wildman–Crippen MR) is 107 cm³/mol. The summed E-state index contributed by atoms with van der Waals surface area (Å²) in [7, 11) is 0. The largest absolute Gasteiger partial charge is 0.379 e. The highest BCUT2D eigenvalue weighted by Crippen LogP contribution is 2.29. The second kappa shape index (κ2) is 7.41. The number of hydrogen-bond acceptors (Lipinski definition) is 8. The van der Waals surface area contributed by atoms with Gasteiger partial charge in [-0.15, -0.1) is 0 Å². The first-order chi connectivity index (χ1) is 13.4. The molecule has 27 heavy (non-hydrogen) atoms. The Morgan fingerprint density at radius 3 is 2.89 bits per heavy atom. The lowest BCUT2D eigenvalue weighted by Gasteiger charge is -2.26. The number of imidazole rings is 1. The van der Waals surface area contributed by atoms with Crippen molar-refractivity contribution in [3.05, 3.63) is 23.2 Å². The Balaban J connectivity index is 1.39. The fourth-order valence-corrected chi connectivity index (χ4v) is 3.86. The number of rotatable bonds is 7. The van der Waals surface area contributed by atoms with Gasteiger partial charge in [-0.2, -0.15) is 21.3 Å². The van der Waals surface area contributed by atoms with Crippen LogP contribution in [0.1, 0.15) is 12.8 Å². The van der Waals surface area contributed by atoms with Gasteiger partial charge in [0, 0.05) is 37.6 Å². The second-order valence-corrected chi connectivity index (χ2v) is 7.74. The standard InChI is InChI=1S/C18H23N7OS/c1-2-13(1)21-16-15-17(25(12-20-15)14-3-10-27-11-14)23-18(22-16)19-4-5-24-6-8-26-9-7-24/h3,10-13H,1-2,4-9H2,(H2,19,21,22,23). The van der Waals surface area contributed by atoms with Crippen LogP contribution in [0.25, 0.3) is 16.9 Å². The van der Waals surface area contributed by atoms with Crippen LogP contribution < -0.4 is 10.6 Å². The zero-order valence-electron chi connectivity index (χ0n) is 15.1. The monoisotopic (exact) mass is 385 g/mol. The first-order valence-electron chi connectivity index (χ1n) is 9.45. The Morgan fingerprint density at radius 1 is 1.22 bits per heavy atom. The van der Waals surface area contributed by atoms with Gasteiger partial charge in [0.1, 0.15) is 6.33 Å². The molecule has 3 aromatic heterocycles. The lowest BCUT2D eigenvalue weighted by molar-refractivity contribution is 0.0398. The minimum Gasteiger partial charge on any atom is -0.379 e. The Morgan fingerprint density at radius 2 is 2.11 bits per heavy atom. The predicted octanol–water partition coefficient (Wildman–Crippen LogP) is 2.20. The van der Waals surface area contributed by atoms with Crippen molar-refractivity contribution < 1.29 is 4.74 Å². The van der Waals surface area contributed by atoms with Crippen molar-refractivity contribution in [3.8, 4) is 5.69 Å². The van der Waals surface area contributed by atoms with Gasteiger partial charge in [-0.05, 0) is 24.3 Å². The first-order valence-corrected chi connectivity index (χ1v) is 10.4. The lowest BCUT2D eigenvalue weighted by atomic mass is 10.4. The van der Waals surface area contributed by atoms with Gasteiger partial charge in [-0.1, -0.05) is 0 Å².